The molecule has 1 aromatic rings. The average molecular weight is 393 g/mol. The van der Waals surface area contributed by atoms with Crippen LogP contribution in [0.5, 0.6) is 0 Å². The monoisotopic (exact) mass is 393 g/mol. The van der Waals surface area contributed by atoms with Gasteiger partial charge in [-0.15, -0.1) is 0 Å². The van der Waals surface area contributed by atoms with Gasteiger partial charge in [0.2, 0.25) is 0 Å². The molecule has 28 heavy (non-hydrogen) atoms. The highest BCUT2D eigenvalue weighted by Crippen LogP contribution is 2.38. The number of benzene rings is 1. The van der Waals surface area contributed by atoms with Crippen LogP contribution in [-0.4, -0.2) is 19.0 Å². The number of ether oxygens (including phenoxy) is 2. The summed E-state index contributed by atoms with van der Waals surface area (Å²) < 4.78 is 49.9. The minimum atomic E-state index is -2.51. The first-order chi connectivity index (χ1) is 13.2. The summed E-state index contributed by atoms with van der Waals surface area (Å²) in [5.41, 5.74) is 0.513. The van der Waals surface area contributed by atoms with Crippen molar-refractivity contribution in [2.75, 3.05) is 7.11 Å². The molecule has 0 saturated carbocycles. The Kier molecular flexibility index (Phi) is 6.62. The number of methoxy groups -OCH3 is 1. The van der Waals surface area contributed by atoms with Crippen LogP contribution < -0.4 is 0 Å². The average Bonchev–Trinajstić information content (AvgIpc) is 3.05. The van der Waals surface area contributed by atoms with Crippen molar-refractivity contribution < 1.29 is 32.2 Å². The SMILES string of the molecule is COC(=O)CC/C(C)=C/Cc1c(C#N)c2c(c(C)c1C(F)=C(F)F)COC2=O. The van der Waals surface area contributed by atoms with Crippen LogP contribution in [-0.2, 0) is 27.3 Å². The predicted octanol–water partition coefficient (Wildman–Crippen LogP) is 4.51. The van der Waals surface area contributed by atoms with Crippen molar-refractivity contribution in [3.63, 3.8) is 0 Å². The highest BCUT2D eigenvalue weighted by molar-refractivity contribution is 5.98. The van der Waals surface area contributed by atoms with Crippen molar-refractivity contribution >= 4 is 17.8 Å². The van der Waals surface area contributed by atoms with E-state index in [0.29, 0.717) is 6.42 Å². The van der Waals surface area contributed by atoms with Gasteiger partial charge in [0.15, 0.2) is 5.83 Å². The third-order valence-corrected chi connectivity index (χ3v) is 4.64. The molecule has 1 aliphatic heterocycles. The molecule has 0 N–H and O–H groups in total. The maximum atomic E-state index is 14.3. The van der Waals surface area contributed by atoms with Gasteiger partial charge in [-0.1, -0.05) is 11.6 Å². The second-order valence-electron chi connectivity index (χ2n) is 6.30. The van der Waals surface area contributed by atoms with Gasteiger partial charge in [-0.25, -0.2) is 9.18 Å². The summed E-state index contributed by atoms with van der Waals surface area (Å²) in [6.45, 7) is 2.93. The summed E-state index contributed by atoms with van der Waals surface area (Å²) in [7, 11) is 1.26. The maximum absolute atomic E-state index is 14.3. The summed E-state index contributed by atoms with van der Waals surface area (Å²) in [5, 5.41) is 9.54. The molecule has 0 unspecified atom stereocenters. The number of hydrogen-bond donors (Lipinski definition) is 0. The van der Waals surface area contributed by atoms with Crippen molar-refractivity contribution in [2.24, 2.45) is 0 Å². The molecule has 5 nitrogen and oxygen atoms in total. The van der Waals surface area contributed by atoms with Gasteiger partial charge in [-0.05, 0) is 37.8 Å². The molecule has 0 atom stereocenters. The molecule has 1 aromatic carbocycles. The highest BCUT2D eigenvalue weighted by atomic mass is 19.3. The summed E-state index contributed by atoms with van der Waals surface area (Å²) in [6.07, 6.45) is -0.485. The van der Waals surface area contributed by atoms with E-state index in [4.69, 9.17) is 4.74 Å². The first-order valence-corrected chi connectivity index (χ1v) is 8.42. The van der Waals surface area contributed by atoms with Crippen LogP contribution in [0.1, 0.15) is 57.9 Å². The zero-order valence-corrected chi connectivity index (χ0v) is 15.6. The van der Waals surface area contributed by atoms with E-state index >= 15 is 0 Å². The molecule has 148 valence electrons. The fourth-order valence-corrected chi connectivity index (χ4v) is 3.11. The molecule has 0 spiro atoms. The molecule has 2 rings (SSSR count). The Morgan fingerprint density at radius 2 is 2.00 bits per heavy atom. The summed E-state index contributed by atoms with van der Waals surface area (Å²) in [6, 6.07) is 1.83. The predicted molar refractivity (Wildman–Crippen MR) is 94.0 cm³/mol. The topological polar surface area (TPSA) is 76.4 Å². The van der Waals surface area contributed by atoms with Gasteiger partial charge in [0.05, 0.1) is 18.2 Å². The summed E-state index contributed by atoms with van der Waals surface area (Å²) >= 11 is 0. The third kappa shape index (κ3) is 4.09. The fourth-order valence-electron chi connectivity index (χ4n) is 3.11. The zero-order valence-electron chi connectivity index (χ0n) is 15.6. The van der Waals surface area contributed by atoms with Crippen LogP contribution in [0.25, 0.3) is 5.83 Å². The van der Waals surface area contributed by atoms with E-state index in [1.807, 2.05) is 6.07 Å². The smallest absolute Gasteiger partial charge is 0.340 e. The minimum absolute atomic E-state index is 0.00794. The first kappa shape index (κ1) is 21.2. The first-order valence-electron chi connectivity index (χ1n) is 8.42. The van der Waals surface area contributed by atoms with Crippen molar-refractivity contribution in [2.45, 2.75) is 39.7 Å². The van der Waals surface area contributed by atoms with Gasteiger partial charge < -0.3 is 9.47 Å². The number of allylic oxidation sites excluding steroid dienone is 2. The molecule has 0 aromatic heterocycles. The Hall–Kier alpha value is -3.08. The van der Waals surface area contributed by atoms with Crippen LogP contribution in [0.2, 0.25) is 0 Å². The normalized spacial score (nSPS) is 12.9. The van der Waals surface area contributed by atoms with E-state index in [1.54, 1.807) is 13.0 Å². The molecule has 0 bridgehead atoms. The van der Waals surface area contributed by atoms with E-state index in [1.165, 1.54) is 14.0 Å². The van der Waals surface area contributed by atoms with Crippen LogP contribution in [0.15, 0.2) is 17.7 Å². The highest BCUT2D eigenvalue weighted by Gasteiger charge is 2.33. The Morgan fingerprint density at radius 1 is 1.32 bits per heavy atom. The number of cyclic esters (lactones) is 1. The van der Waals surface area contributed by atoms with Crippen LogP contribution in [0, 0.1) is 18.3 Å². The molecule has 1 heterocycles. The number of fused-ring (bicyclic) bond motifs is 1. The quantitative estimate of drug-likeness (QED) is 0.525. The van der Waals surface area contributed by atoms with Gasteiger partial charge in [0.25, 0.3) is 0 Å². The molecule has 0 amide bonds. The Morgan fingerprint density at radius 3 is 2.57 bits per heavy atom. The lowest BCUT2D eigenvalue weighted by Gasteiger charge is -2.15. The number of esters is 2. The van der Waals surface area contributed by atoms with Crippen molar-refractivity contribution in [1.29, 1.82) is 5.26 Å². The lowest BCUT2D eigenvalue weighted by Crippen LogP contribution is -2.08. The standard InChI is InChI=1S/C20H18F3NO4/c1-10(5-7-15(25)27-3)4-6-12-13(8-24)17-14(9-28-20(17)26)11(2)16(12)18(21)19(22)23/h4H,5-7,9H2,1-3H3/b10-4+. The molecule has 0 fully saturated rings. The molecule has 0 saturated heterocycles. The minimum Gasteiger partial charge on any atom is -0.469 e. The van der Waals surface area contributed by atoms with E-state index in [2.05, 4.69) is 4.74 Å². The molecular formula is C20H18F3NO4. The molecule has 1 aliphatic rings. The van der Waals surface area contributed by atoms with E-state index in [-0.39, 0.29) is 47.3 Å². The lowest BCUT2D eigenvalue weighted by molar-refractivity contribution is -0.140. The van der Waals surface area contributed by atoms with E-state index in [9.17, 15) is 28.0 Å². The molecule has 0 aliphatic carbocycles. The van der Waals surface area contributed by atoms with Crippen LogP contribution >= 0.6 is 0 Å². The fraction of sp³-hybridized carbons (Fsp3) is 0.350. The molecule has 0 radical (unpaired) electrons. The van der Waals surface area contributed by atoms with Crippen molar-refractivity contribution in [3.8, 4) is 6.07 Å². The Balaban J connectivity index is 2.59. The second kappa shape index (κ2) is 8.74. The second-order valence-corrected chi connectivity index (χ2v) is 6.30. The maximum Gasteiger partial charge on any atom is 0.340 e. The van der Waals surface area contributed by atoms with Crippen molar-refractivity contribution in [3.05, 3.63) is 51.1 Å². The number of hydrogen-bond acceptors (Lipinski definition) is 5. The van der Waals surface area contributed by atoms with Crippen LogP contribution in [0.4, 0.5) is 13.2 Å². The molecular weight excluding hydrogens is 375 g/mol. The number of nitriles is 1. The Bertz CT molecular complexity index is 938. The zero-order chi connectivity index (χ0) is 21.0. The van der Waals surface area contributed by atoms with Crippen LogP contribution in [0.3, 0.4) is 0 Å². The molecule has 8 heteroatoms. The van der Waals surface area contributed by atoms with Gasteiger partial charge >= 0.3 is 18.0 Å². The van der Waals surface area contributed by atoms with E-state index < -0.39 is 29.4 Å². The summed E-state index contributed by atoms with van der Waals surface area (Å²) in [5.74, 6) is -2.87. The summed E-state index contributed by atoms with van der Waals surface area (Å²) in [4.78, 5) is 23.3. The Labute approximate surface area is 160 Å². The lowest BCUT2D eigenvalue weighted by atomic mass is 9.86. The number of carbonyl (C=O) groups excluding carboxylic acids is 2. The largest absolute Gasteiger partial charge is 0.469 e. The van der Waals surface area contributed by atoms with Gasteiger partial charge in [0.1, 0.15) is 12.7 Å². The number of halogens is 3. The third-order valence-electron chi connectivity index (χ3n) is 4.64. The van der Waals surface area contributed by atoms with Crippen molar-refractivity contribution in [1.82, 2.24) is 0 Å². The van der Waals surface area contributed by atoms with Gasteiger partial charge in [0, 0.05) is 17.5 Å². The van der Waals surface area contributed by atoms with Gasteiger partial charge in [-0.2, -0.15) is 14.0 Å². The van der Waals surface area contributed by atoms with Gasteiger partial charge in [-0.3, -0.25) is 4.79 Å². The number of rotatable bonds is 6. The number of carbonyl (C=O) groups is 2. The number of nitrogens with zero attached hydrogens (tertiary/aromatic N) is 1. The van der Waals surface area contributed by atoms with E-state index in [0.717, 1.165) is 5.57 Å².